The van der Waals surface area contributed by atoms with Crippen LogP contribution in [0.3, 0.4) is 0 Å². The molecule has 0 unspecified atom stereocenters. The second-order valence-electron chi connectivity index (χ2n) is 8.94. The molecule has 3 N–H and O–H groups in total. The number of nitrogens with zero attached hydrogens (tertiary/aromatic N) is 1. The number of rotatable bonds is 4. The minimum absolute atomic E-state index is 0.0189. The summed E-state index contributed by atoms with van der Waals surface area (Å²) >= 11 is 0. The van der Waals surface area contributed by atoms with E-state index in [1.807, 2.05) is 0 Å². The Balaban J connectivity index is 2.73. The Morgan fingerprint density at radius 3 is 2.38 bits per heavy atom. The molecule has 8 nitrogen and oxygen atoms in total. The van der Waals surface area contributed by atoms with Crippen molar-refractivity contribution in [2.45, 2.75) is 69.8 Å². The fourth-order valence-corrected chi connectivity index (χ4v) is 4.77. The van der Waals surface area contributed by atoms with Crippen LogP contribution in [0.1, 0.15) is 59.6 Å². The van der Waals surface area contributed by atoms with Crippen molar-refractivity contribution in [2.75, 3.05) is 12.3 Å². The molecule has 9 heteroatoms. The minimum Gasteiger partial charge on any atom is -0.481 e. The minimum atomic E-state index is -3.75. The molecule has 0 bridgehead atoms. The summed E-state index contributed by atoms with van der Waals surface area (Å²) in [7, 11) is -3.75. The third-order valence-electron chi connectivity index (χ3n) is 5.16. The van der Waals surface area contributed by atoms with Gasteiger partial charge in [0.15, 0.2) is 9.84 Å². The van der Waals surface area contributed by atoms with E-state index >= 15 is 0 Å². The number of likely N-dealkylation sites (tertiary alicyclic amines) is 1. The summed E-state index contributed by atoms with van der Waals surface area (Å²) in [5.74, 6) is -1.12. The SMILES string of the molecule is CC(C)S(=O)(=O)c1ccc(N)cc1[C@H]1N(C(=O)OC(C)(C)C)CC[C@]1(C)C(=O)O. The van der Waals surface area contributed by atoms with Gasteiger partial charge in [0.2, 0.25) is 0 Å². The number of hydrogen-bond donors (Lipinski definition) is 2. The molecular formula is C20H30N2O6S. The molecule has 1 fully saturated rings. The first kappa shape index (κ1) is 23.0. The molecule has 1 amide bonds. The molecule has 162 valence electrons. The van der Waals surface area contributed by atoms with Crippen LogP contribution >= 0.6 is 0 Å². The Morgan fingerprint density at radius 1 is 1.31 bits per heavy atom. The van der Waals surface area contributed by atoms with Gasteiger partial charge in [-0.05, 0) is 71.7 Å². The van der Waals surface area contributed by atoms with E-state index in [0.29, 0.717) is 0 Å². The molecule has 1 aliphatic heterocycles. The van der Waals surface area contributed by atoms with Crippen molar-refractivity contribution in [2.24, 2.45) is 5.41 Å². The topological polar surface area (TPSA) is 127 Å². The van der Waals surface area contributed by atoms with Gasteiger partial charge in [-0.15, -0.1) is 0 Å². The second-order valence-corrected chi connectivity index (χ2v) is 11.4. The zero-order chi connectivity index (χ0) is 22.4. The molecule has 1 aliphatic rings. The standard InChI is InChI=1S/C20H30N2O6S/c1-12(2)29(26,27)15-8-7-13(21)11-14(15)16-20(6,17(23)24)9-10-22(16)18(25)28-19(3,4)5/h7-8,11-12,16H,9-10,21H2,1-6H3,(H,23,24)/t16-,20+/m1/s1. The predicted molar refractivity (Wildman–Crippen MR) is 109 cm³/mol. The van der Waals surface area contributed by atoms with E-state index in [2.05, 4.69) is 0 Å². The van der Waals surface area contributed by atoms with E-state index in [9.17, 15) is 23.1 Å². The highest BCUT2D eigenvalue weighted by Crippen LogP contribution is 2.50. The molecule has 0 aliphatic carbocycles. The highest BCUT2D eigenvalue weighted by atomic mass is 32.2. The Kier molecular flexibility index (Phi) is 5.96. The van der Waals surface area contributed by atoms with Crippen LogP contribution in [-0.2, 0) is 19.4 Å². The molecule has 1 saturated heterocycles. The molecule has 0 saturated carbocycles. The number of aliphatic carboxylic acids is 1. The number of amides is 1. The summed E-state index contributed by atoms with van der Waals surface area (Å²) in [6.07, 6.45) is -0.537. The van der Waals surface area contributed by atoms with Crippen molar-refractivity contribution in [1.29, 1.82) is 0 Å². The summed E-state index contributed by atoms with van der Waals surface area (Å²) in [4.78, 5) is 26.3. The quantitative estimate of drug-likeness (QED) is 0.708. The zero-order valence-electron chi connectivity index (χ0n) is 17.7. The van der Waals surface area contributed by atoms with Crippen LogP contribution in [-0.4, -0.2) is 47.9 Å². The number of carbonyl (C=O) groups is 2. The Labute approximate surface area is 171 Å². The molecule has 0 spiro atoms. The lowest BCUT2D eigenvalue weighted by Crippen LogP contribution is -2.41. The van der Waals surface area contributed by atoms with Gasteiger partial charge in [-0.25, -0.2) is 13.2 Å². The van der Waals surface area contributed by atoms with Crippen molar-refractivity contribution in [1.82, 2.24) is 4.90 Å². The van der Waals surface area contributed by atoms with E-state index in [0.717, 1.165) is 0 Å². The fourth-order valence-electron chi connectivity index (χ4n) is 3.51. The summed E-state index contributed by atoms with van der Waals surface area (Å²) in [6.45, 7) is 9.86. The summed E-state index contributed by atoms with van der Waals surface area (Å²) in [5.41, 5.74) is 4.23. The van der Waals surface area contributed by atoms with Crippen molar-refractivity contribution >= 4 is 27.6 Å². The lowest BCUT2D eigenvalue weighted by atomic mass is 9.79. The van der Waals surface area contributed by atoms with Gasteiger partial charge in [-0.1, -0.05) is 0 Å². The van der Waals surface area contributed by atoms with Crippen LogP contribution in [0.2, 0.25) is 0 Å². The molecule has 0 aromatic heterocycles. The van der Waals surface area contributed by atoms with Crippen LogP contribution in [0.15, 0.2) is 23.1 Å². The molecule has 2 atom stereocenters. The Bertz CT molecular complexity index is 919. The average molecular weight is 427 g/mol. The van der Waals surface area contributed by atoms with Gasteiger partial charge in [0.25, 0.3) is 0 Å². The largest absolute Gasteiger partial charge is 0.481 e. The number of anilines is 1. The van der Waals surface area contributed by atoms with Crippen LogP contribution in [0, 0.1) is 5.41 Å². The monoisotopic (exact) mass is 426 g/mol. The maximum Gasteiger partial charge on any atom is 0.410 e. The van der Waals surface area contributed by atoms with Crippen LogP contribution in [0.5, 0.6) is 0 Å². The maximum atomic E-state index is 13.0. The van der Waals surface area contributed by atoms with E-state index in [4.69, 9.17) is 10.5 Å². The molecule has 29 heavy (non-hydrogen) atoms. The van der Waals surface area contributed by atoms with E-state index in [1.165, 1.54) is 30.0 Å². The molecule has 0 radical (unpaired) electrons. The van der Waals surface area contributed by atoms with Gasteiger partial charge < -0.3 is 15.6 Å². The summed E-state index contributed by atoms with van der Waals surface area (Å²) in [5, 5.41) is 9.22. The highest BCUT2D eigenvalue weighted by Gasteiger charge is 2.54. The molecule has 1 aromatic carbocycles. The zero-order valence-corrected chi connectivity index (χ0v) is 18.5. The van der Waals surface area contributed by atoms with Crippen LogP contribution in [0.25, 0.3) is 0 Å². The average Bonchev–Trinajstić information content (AvgIpc) is 2.91. The van der Waals surface area contributed by atoms with E-state index < -0.39 is 44.2 Å². The summed E-state index contributed by atoms with van der Waals surface area (Å²) in [6, 6.07) is 3.25. The van der Waals surface area contributed by atoms with Crippen molar-refractivity contribution in [3.63, 3.8) is 0 Å². The maximum absolute atomic E-state index is 13.0. The normalized spacial score (nSPS) is 22.7. The Hall–Kier alpha value is -2.29. The van der Waals surface area contributed by atoms with Gasteiger partial charge in [0.1, 0.15) is 5.60 Å². The summed E-state index contributed by atoms with van der Waals surface area (Å²) < 4.78 is 31.4. The lowest BCUT2D eigenvalue weighted by molar-refractivity contribution is -0.149. The van der Waals surface area contributed by atoms with E-state index in [-0.39, 0.29) is 29.1 Å². The Morgan fingerprint density at radius 2 is 1.90 bits per heavy atom. The van der Waals surface area contributed by atoms with Crippen molar-refractivity contribution < 1.29 is 27.9 Å². The first-order valence-corrected chi connectivity index (χ1v) is 11.0. The van der Waals surface area contributed by atoms with Crippen molar-refractivity contribution in [3.8, 4) is 0 Å². The van der Waals surface area contributed by atoms with E-state index in [1.54, 1.807) is 34.6 Å². The molecule has 2 rings (SSSR count). The number of benzene rings is 1. The van der Waals surface area contributed by atoms with Gasteiger partial charge in [-0.3, -0.25) is 9.69 Å². The van der Waals surface area contributed by atoms with Crippen LogP contribution in [0.4, 0.5) is 10.5 Å². The lowest BCUT2D eigenvalue weighted by Gasteiger charge is -2.35. The number of nitrogen functional groups attached to an aromatic ring is 1. The van der Waals surface area contributed by atoms with Crippen LogP contribution < -0.4 is 5.73 Å². The number of ether oxygens (including phenoxy) is 1. The fraction of sp³-hybridized carbons (Fsp3) is 0.600. The third-order valence-corrected chi connectivity index (χ3v) is 7.39. The number of nitrogens with two attached hydrogens (primary N) is 1. The number of carboxylic acid groups (broad SMARTS) is 1. The third kappa shape index (κ3) is 4.34. The number of hydrogen-bond acceptors (Lipinski definition) is 6. The highest BCUT2D eigenvalue weighted by molar-refractivity contribution is 7.92. The van der Waals surface area contributed by atoms with Crippen molar-refractivity contribution in [3.05, 3.63) is 23.8 Å². The molecule has 1 heterocycles. The molecule has 1 aromatic rings. The van der Waals surface area contributed by atoms with Gasteiger partial charge in [0, 0.05) is 12.2 Å². The predicted octanol–water partition coefficient (Wildman–Crippen LogP) is 3.22. The smallest absolute Gasteiger partial charge is 0.410 e. The van der Waals surface area contributed by atoms with Gasteiger partial charge in [-0.2, -0.15) is 0 Å². The van der Waals surface area contributed by atoms with Gasteiger partial charge >= 0.3 is 12.1 Å². The van der Waals surface area contributed by atoms with Gasteiger partial charge in [0.05, 0.1) is 21.6 Å². The number of carboxylic acids is 1. The molecular weight excluding hydrogens is 396 g/mol. The second kappa shape index (κ2) is 7.51. The number of sulfone groups is 1. The first-order chi connectivity index (χ1) is 13.1. The first-order valence-electron chi connectivity index (χ1n) is 9.47. The number of carbonyl (C=O) groups excluding carboxylic acids is 1.